The molecular formula is C22H23NO4. The summed E-state index contributed by atoms with van der Waals surface area (Å²) in [5.74, 6) is 0.289. The van der Waals surface area contributed by atoms with Crippen LogP contribution in [0.15, 0.2) is 73.0 Å². The highest BCUT2D eigenvalue weighted by molar-refractivity contribution is 5.92. The van der Waals surface area contributed by atoms with Gasteiger partial charge in [-0.3, -0.25) is 0 Å². The summed E-state index contributed by atoms with van der Waals surface area (Å²) in [5.41, 5.74) is 3.97. The van der Waals surface area contributed by atoms with Gasteiger partial charge in [0.1, 0.15) is 11.5 Å². The highest BCUT2D eigenvalue weighted by atomic mass is 16.5. The number of nitrogens with one attached hydrogen (secondary N) is 1. The zero-order valence-electron chi connectivity index (χ0n) is 15.7. The molecule has 0 fully saturated rings. The highest BCUT2D eigenvalue weighted by Gasteiger charge is 2.12. The molecule has 2 aromatic rings. The van der Waals surface area contributed by atoms with E-state index >= 15 is 0 Å². The van der Waals surface area contributed by atoms with Gasteiger partial charge in [-0.25, -0.2) is 4.79 Å². The van der Waals surface area contributed by atoms with Crippen molar-refractivity contribution >= 4 is 11.7 Å². The Morgan fingerprint density at radius 2 is 1.59 bits per heavy atom. The van der Waals surface area contributed by atoms with Crippen LogP contribution >= 0.6 is 0 Å². The number of carboxylic acids is 1. The second-order valence-corrected chi connectivity index (χ2v) is 5.77. The third-order valence-corrected chi connectivity index (χ3v) is 4.14. The molecule has 0 atom stereocenters. The van der Waals surface area contributed by atoms with Gasteiger partial charge in [0.2, 0.25) is 0 Å². The Morgan fingerprint density at radius 3 is 2.11 bits per heavy atom. The van der Waals surface area contributed by atoms with Crippen LogP contribution in [-0.2, 0) is 4.79 Å². The van der Waals surface area contributed by atoms with Crippen molar-refractivity contribution < 1.29 is 19.4 Å². The quantitative estimate of drug-likeness (QED) is 0.519. The summed E-state index contributed by atoms with van der Waals surface area (Å²) in [6.07, 6.45) is 2.70. The number of methoxy groups -OCH3 is 2. The van der Waals surface area contributed by atoms with E-state index in [0.717, 1.165) is 22.4 Å². The van der Waals surface area contributed by atoms with Crippen LogP contribution in [0.4, 0.5) is 5.69 Å². The first-order valence-corrected chi connectivity index (χ1v) is 8.27. The van der Waals surface area contributed by atoms with E-state index in [1.165, 1.54) is 12.2 Å². The number of hydrogen-bond acceptors (Lipinski definition) is 4. The fraction of sp³-hybridized carbons (Fsp3) is 0.136. The van der Waals surface area contributed by atoms with Crippen LogP contribution in [-0.4, -0.2) is 25.3 Å². The SMILES string of the molecule is C=C/C(Nc1ccc(-c2ccc(C)c(OC)c2)cc1OC)=C(\C=C)C(=O)O. The zero-order chi connectivity index (χ0) is 20.0. The van der Waals surface area contributed by atoms with E-state index in [0.29, 0.717) is 17.1 Å². The first-order chi connectivity index (χ1) is 12.9. The first-order valence-electron chi connectivity index (χ1n) is 8.27. The van der Waals surface area contributed by atoms with E-state index < -0.39 is 5.97 Å². The Morgan fingerprint density at radius 1 is 1.00 bits per heavy atom. The Bertz CT molecular complexity index is 913. The number of aryl methyl sites for hydroxylation is 1. The normalized spacial score (nSPS) is 11.2. The summed E-state index contributed by atoms with van der Waals surface area (Å²) in [6.45, 7) is 9.20. The molecule has 0 unspecified atom stereocenters. The lowest BCUT2D eigenvalue weighted by atomic mass is 10.0. The molecule has 2 aromatic carbocycles. The van der Waals surface area contributed by atoms with E-state index in [9.17, 15) is 9.90 Å². The summed E-state index contributed by atoms with van der Waals surface area (Å²) in [7, 11) is 3.20. The number of ether oxygens (including phenoxy) is 2. The number of aliphatic carboxylic acids is 1. The molecule has 27 heavy (non-hydrogen) atoms. The highest BCUT2D eigenvalue weighted by Crippen LogP contribution is 2.34. The van der Waals surface area contributed by atoms with Crippen LogP contribution < -0.4 is 14.8 Å². The molecule has 0 aliphatic heterocycles. The molecule has 2 N–H and O–H groups in total. The smallest absolute Gasteiger partial charge is 0.337 e. The number of anilines is 1. The average Bonchev–Trinajstić information content (AvgIpc) is 2.68. The lowest BCUT2D eigenvalue weighted by Gasteiger charge is -2.15. The Labute approximate surface area is 159 Å². The van der Waals surface area contributed by atoms with Crippen molar-refractivity contribution in [2.24, 2.45) is 0 Å². The molecule has 5 heteroatoms. The topological polar surface area (TPSA) is 67.8 Å². The van der Waals surface area contributed by atoms with Crippen molar-refractivity contribution in [3.8, 4) is 22.6 Å². The minimum Gasteiger partial charge on any atom is -0.496 e. The predicted molar refractivity (Wildman–Crippen MR) is 108 cm³/mol. The van der Waals surface area contributed by atoms with E-state index in [1.54, 1.807) is 14.2 Å². The van der Waals surface area contributed by atoms with Crippen LogP contribution in [0.2, 0.25) is 0 Å². The third-order valence-electron chi connectivity index (χ3n) is 4.14. The van der Waals surface area contributed by atoms with Crippen molar-refractivity contribution in [2.75, 3.05) is 19.5 Å². The fourth-order valence-electron chi connectivity index (χ4n) is 2.66. The Balaban J connectivity index is 2.46. The van der Waals surface area contributed by atoms with Crippen molar-refractivity contribution in [2.45, 2.75) is 6.92 Å². The molecule has 2 rings (SSSR count). The van der Waals surface area contributed by atoms with Gasteiger partial charge in [-0.15, -0.1) is 0 Å². The third kappa shape index (κ3) is 4.39. The van der Waals surface area contributed by atoms with Gasteiger partial charge < -0.3 is 19.9 Å². The second kappa shape index (κ2) is 8.76. The molecule has 0 saturated carbocycles. The summed E-state index contributed by atoms with van der Waals surface area (Å²) >= 11 is 0. The summed E-state index contributed by atoms with van der Waals surface area (Å²) in [4.78, 5) is 11.3. The maximum Gasteiger partial charge on any atom is 0.337 e. The molecule has 0 aliphatic carbocycles. The molecule has 0 heterocycles. The molecule has 0 aromatic heterocycles. The van der Waals surface area contributed by atoms with E-state index in [1.807, 2.05) is 43.3 Å². The van der Waals surface area contributed by atoms with Gasteiger partial charge in [-0.05, 0) is 47.9 Å². The fourth-order valence-corrected chi connectivity index (χ4v) is 2.66. The number of rotatable bonds is 8. The van der Waals surface area contributed by atoms with Gasteiger partial charge in [0.25, 0.3) is 0 Å². The number of allylic oxidation sites excluding steroid dienone is 1. The number of benzene rings is 2. The number of carboxylic acid groups (broad SMARTS) is 1. The molecule has 0 aliphatic rings. The van der Waals surface area contributed by atoms with Gasteiger partial charge in [0, 0.05) is 0 Å². The van der Waals surface area contributed by atoms with Gasteiger partial charge >= 0.3 is 5.97 Å². The minimum absolute atomic E-state index is 0.0272. The standard InChI is InChI=1S/C22H23NO4/c1-6-17(22(24)25)18(7-2)23-19-11-10-16(13-21(19)27-5)15-9-8-14(3)20(12-15)26-4/h6-13,23H,1-2H2,3-5H3,(H,24,25)/b18-17-. The van der Waals surface area contributed by atoms with Crippen molar-refractivity contribution in [1.29, 1.82) is 0 Å². The van der Waals surface area contributed by atoms with Gasteiger partial charge in [-0.1, -0.05) is 37.4 Å². The summed E-state index contributed by atoms with van der Waals surface area (Å²) < 4.78 is 10.9. The molecule has 140 valence electrons. The van der Waals surface area contributed by atoms with E-state index in [4.69, 9.17) is 9.47 Å². The molecule has 0 amide bonds. The maximum atomic E-state index is 11.3. The molecule has 0 spiro atoms. The Hall–Kier alpha value is -3.47. The van der Waals surface area contributed by atoms with Crippen molar-refractivity contribution in [3.05, 3.63) is 78.5 Å². The van der Waals surface area contributed by atoms with Crippen LogP contribution in [0.5, 0.6) is 11.5 Å². The first kappa shape index (κ1) is 19.8. The predicted octanol–water partition coefficient (Wildman–Crippen LogP) is 4.80. The van der Waals surface area contributed by atoms with E-state index in [-0.39, 0.29) is 5.57 Å². The lowest BCUT2D eigenvalue weighted by Crippen LogP contribution is -2.08. The van der Waals surface area contributed by atoms with Gasteiger partial charge in [-0.2, -0.15) is 0 Å². The average molecular weight is 365 g/mol. The zero-order valence-corrected chi connectivity index (χ0v) is 15.7. The molecular weight excluding hydrogens is 342 g/mol. The van der Waals surface area contributed by atoms with Crippen molar-refractivity contribution in [1.82, 2.24) is 0 Å². The molecule has 0 saturated heterocycles. The second-order valence-electron chi connectivity index (χ2n) is 5.77. The summed E-state index contributed by atoms with van der Waals surface area (Å²) in [6, 6.07) is 11.6. The van der Waals surface area contributed by atoms with Crippen LogP contribution in [0.25, 0.3) is 11.1 Å². The lowest BCUT2D eigenvalue weighted by molar-refractivity contribution is -0.132. The monoisotopic (exact) mass is 365 g/mol. The Kier molecular flexibility index (Phi) is 6.44. The van der Waals surface area contributed by atoms with Gasteiger partial charge in [0.15, 0.2) is 0 Å². The number of hydrogen-bond donors (Lipinski definition) is 2. The summed E-state index contributed by atoms with van der Waals surface area (Å²) in [5, 5.41) is 12.3. The minimum atomic E-state index is -1.09. The van der Waals surface area contributed by atoms with Crippen LogP contribution in [0.3, 0.4) is 0 Å². The largest absolute Gasteiger partial charge is 0.496 e. The molecule has 0 bridgehead atoms. The molecule has 5 nitrogen and oxygen atoms in total. The van der Waals surface area contributed by atoms with Crippen LogP contribution in [0.1, 0.15) is 5.56 Å². The van der Waals surface area contributed by atoms with E-state index in [2.05, 4.69) is 18.5 Å². The van der Waals surface area contributed by atoms with Crippen LogP contribution in [0, 0.1) is 6.92 Å². The molecule has 0 radical (unpaired) electrons. The van der Waals surface area contributed by atoms with Gasteiger partial charge in [0.05, 0.1) is 31.2 Å². The number of carbonyl (C=O) groups is 1. The van der Waals surface area contributed by atoms with Crippen molar-refractivity contribution in [3.63, 3.8) is 0 Å². The maximum absolute atomic E-state index is 11.3.